The highest BCUT2D eigenvalue weighted by Crippen LogP contribution is 2.25. The molecule has 1 aromatic carbocycles. The number of nitrogens with zero attached hydrogens (tertiary/aromatic N) is 1. The molecule has 0 saturated carbocycles. The fourth-order valence-electron chi connectivity index (χ4n) is 1.88. The van der Waals surface area contributed by atoms with E-state index in [1.165, 1.54) is 5.56 Å². The normalized spacial score (nSPS) is 10.6. The van der Waals surface area contributed by atoms with Gasteiger partial charge in [0.05, 0.1) is 13.1 Å². The van der Waals surface area contributed by atoms with Crippen molar-refractivity contribution >= 4 is 29.9 Å². The molecule has 0 aliphatic heterocycles. The first-order valence-corrected chi connectivity index (χ1v) is 7.36. The number of terminal acetylenes is 1. The van der Waals surface area contributed by atoms with Crippen LogP contribution in [0.25, 0.3) is 0 Å². The number of guanidine groups is 1. The van der Waals surface area contributed by atoms with Crippen molar-refractivity contribution in [3.63, 3.8) is 0 Å². The van der Waals surface area contributed by atoms with Crippen LogP contribution in [0.15, 0.2) is 29.3 Å². The molecule has 0 aromatic heterocycles. The third-order valence-electron chi connectivity index (χ3n) is 2.86. The Labute approximate surface area is 151 Å². The molecule has 0 saturated heterocycles. The summed E-state index contributed by atoms with van der Waals surface area (Å²) in [7, 11) is 0. The van der Waals surface area contributed by atoms with E-state index in [4.69, 9.17) is 11.2 Å². The summed E-state index contributed by atoms with van der Waals surface area (Å²) in [4.78, 5) is 4.41. The van der Waals surface area contributed by atoms with E-state index in [2.05, 4.69) is 41.5 Å². The number of nitrogens with one attached hydrogen (secondary N) is 2. The third-order valence-corrected chi connectivity index (χ3v) is 2.86. The second-order valence-electron chi connectivity index (χ2n) is 4.86. The second-order valence-corrected chi connectivity index (χ2v) is 4.86. The molecule has 0 aliphatic rings. The molecule has 5 heteroatoms. The van der Waals surface area contributed by atoms with Crippen molar-refractivity contribution in [3.05, 3.63) is 29.8 Å². The number of para-hydroxylation sites is 1. The van der Waals surface area contributed by atoms with Crippen molar-refractivity contribution in [1.29, 1.82) is 0 Å². The van der Waals surface area contributed by atoms with Gasteiger partial charge in [-0.3, -0.25) is 0 Å². The monoisotopic (exact) mass is 415 g/mol. The second kappa shape index (κ2) is 12.2. The van der Waals surface area contributed by atoms with Gasteiger partial charge in [0.2, 0.25) is 0 Å². The predicted molar refractivity (Wildman–Crippen MR) is 104 cm³/mol. The van der Waals surface area contributed by atoms with Crippen LogP contribution in [-0.4, -0.2) is 32.2 Å². The predicted octanol–water partition coefficient (Wildman–Crippen LogP) is 3.00. The Balaban J connectivity index is 0.00000441. The molecule has 0 heterocycles. The topological polar surface area (TPSA) is 45.7 Å². The maximum atomic E-state index is 5.83. The van der Waals surface area contributed by atoms with Gasteiger partial charge in [-0.1, -0.05) is 38.0 Å². The summed E-state index contributed by atoms with van der Waals surface area (Å²) in [6.07, 6.45) is 5.23. The molecule has 0 aliphatic carbocycles. The number of benzene rings is 1. The number of aliphatic imine (C=N–C) groups is 1. The minimum atomic E-state index is 0. The Kier molecular flexibility index (Phi) is 11.4. The minimum Gasteiger partial charge on any atom is -0.491 e. The van der Waals surface area contributed by atoms with Gasteiger partial charge in [0, 0.05) is 6.54 Å². The summed E-state index contributed by atoms with van der Waals surface area (Å²) < 4.78 is 5.83. The summed E-state index contributed by atoms with van der Waals surface area (Å²) >= 11 is 0. The zero-order valence-corrected chi connectivity index (χ0v) is 15.9. The van der Waals surface area contributed by atoms with Crippen LogP contribution in [-0.2, 0) is 0 Å². The van der Waals surface area contributed by atoms with Crippen LogP contribution in [0.3, 0.4) is 0 Å². The van der Waals surface area contributed by atoms with Crippen LogP contribution in [0.4, 0.5) is 0 Å². The average molecular weight is 415 g/mol. The number of hydrogen-bond donors (Lipinski definition) is 2. The van der Waals surface area contributed by atoms with Crippen LogP contribution in [0, 0.1) is 12.3 Å². The van der Waals surface area contributed by atoms with Crippen LogP contribution in [0.2, 0.25) is 0 Å². The van der Waals surface area contributed by atoms with E-state index >= 15 is 0 Å². The van der Waals surface area contributed by atoms with E-state index in [0.29, 0.717) is 25.6 Å². The Morgan fingerprint density at radius 2 is 2.05 bits per heavy atom. The largest absolute Gasteiger partial charge is 0.491 e. The van der Waals surface area contributed by atoms with Crippen LogP contribution < -0.4 is 15.4 Å². The molecule has 122 valence electrons. The summed E-state index contributed by atoms with van der Waals surface area (Å²) in [6, 6.07) is 8.12. The number of halogens is 1. The maximum Gasteiger partial charge on any atom is 0.192 e. The van der Waals surface area contributed by atoms with Crippen molar-refractivity contribution in [3.8, 4) is 18.1 Å². The van der Waals surface area contributed by atoms with E-state index in [1.54, 1.807) is 0 Å². The van der Waals surface area contributed by atoms with Crippen molar-refractivity contribution < 1.29 is 4.74 Å². The first kappa shape index (κ1) is 20.6. The molecule has 0 fully saturated rings. The molecular formula is C17H26IN3O. The lowest BCUT2D eigenvalue weighted by Gasteiger charge is -2.13. The summed E-state index contributed by atoms with van der Waals surface area (Å²) in [5.74, 6) is 4.63. The number of rotatable bonds is 7. The molecule has 0 bridgehead atoms. The molecule has 0 unspecified atom stereocenters. The zero-order valence-electron chi connectivity index (χ0n) is 13.6. The van der Waals surface area contributed by atoms with Gasteiger partial charge in [-0.15, -0.1) is 30.4 Å². The zero-order chi connectivity index (χ0) is 15.5. The molecular weight excluding hydrogens is 389 g/mol. The molecule has 1 rings (SSSR count). The standard InChI is InChI=1S/C17H25N3O.HI/c1-5-11-19-17(18-6-2)20-12-13-21-16-10-8-7-9-15(16)14(3)4;/h1,7-10,14H,6,11-13H2,2-4H3,(H2,18,19,20);1H. The summed E-state index contributed by atoms with van der Waals surface area (Å²) in [5.41, 5.74) is 1.22. The first-order chi connectivity index (χ1) is 10.2. The Morgan fingerprint density at radius 3 is 2.68 bits per heavy atom. The molecule has 22 heavy (non-hydrogen) atoms. The van der Waals surface area contributed by atoms with Crippen molar-refractivity contribution in [2.45, 2.75) is 26.7 Å². The minimum absolute atomic E-state index is 0. The van der Waals surface area contributed by atoms with Crippen LogP contribution in [0.5, 0.6) is 5.75 Å². The molecule has 0 atom stereocenters. The lowest BCUT2D eigenvalue weighted by Crippen LogP contribution is -2.37. The number of ether oxygens (including phenoxy) is 1. The lowest BCUT2D eigenvalue weighted by atomic mass is 10.0. The molecule has 4 nitrogen and oxygen atoms in total. The molecule has 1 aromatic rings. The average Bonchev–Trinajstić information content (AvgIpc) is 2.49. The summed E-state index contributed by atoms with van der Waals surface area (Å²) in [5, 5.41) is 6.18. The van der Waals surface area contributed by atoms with E-state index in [0.717, 1.165) is 18.3 Å². The first-order valence-electron chi connectivity index (χ1n) is 7.36. The number of hydrogen-bond acceptors (Lipinski definition) is 2. The van der Waals surface area contributed by atoms with Crippen molar-refractivity contribution in [1.82, 2.24) is 10.6 Å². The van der Waals surface area contributed by atoms with E-state index in [-0.39, 0.29) is 24.0 Å². The van der Waals surface area contributed by atoms with Gasteiger partial charge >= 0.3 is 0 Å². The van der Waals surface area contributed by atoms with E-state index < -0.39 is 0 Å². The van der Waals surface area contributed by atoms with Gasteiger partial charge in [-0.05, 0) is 24.5 Å². The fraction of sp³-hybridized carbons (Fsp3) is 0.471. The van der Waals surface area contributed by atoms with E-state index in [9.17, 15) is 0 Å². The highest BCUT2D eigenvalue weighted by atomic mass is 127. The lowest BCUT2D eigenvalue weighted by molar-refractivity contribution is 0.324. The van der Waals surface area contributed by atoms with Gasteiger partial charge in [-0.25, -0.2) is 4.99 Å². The fourth-order valence-corrected chi connectivity index (χ4v) is 1.88. The molecule has 0 amide bonds. The van der Waals surface area contributed by atoms with Crippen LogP contribution >= 0.6 is 24.0 Å². The smallest absolute Gasteiger partial charge is 0.192 e. The quantitative estimate of drug-likeness (QED) is 0.237. The van der Waals surface area contributed by atoms with E-state index in [1.807, 2.05) is 25.1 Å². The van der Waals surface area contributed by atoms with Crippen molar-refractivity contribution in [2.75, 3.05) is 26.2 Å². The highest BCUT2D eigenvalue weighted by molar-refractivity contribution is 14.0. The maximum absolute atomic E-state index is 5.83. The molecule has 2 N–H and O–H groups in total. The van der Waals surface area contributed by atoms with Gasteiger partial charge in [0.15, 0.2) is 5.96 Å². The van der Waals surface area contributed by atoms with Gasteiger partial charge in [0.25, 0.3) is 0 Å². The Bertz CT molecular complexity index is 495. The Hall–Kier alpha value is -1.42. The third kappa shape index (κ3) is 7.55. The van der Waals surface area contributed by atoms with Gasteiger partial charge in [-0.2, -0.15) is 0 Å². The highest BCUT2D eigenvalue weighted by Gasteiger charge is 2.06. The summed E-state index contributed by atoms with van der Waals surface area (Å²) in [6.45, 7) is 8.71. The van der Waals surface area contributed by atoms with Crippen molar-refractivity contribution in [2.24, 2.45) is 4.99 Å². The van der Waals surface area contributed by atoms with Crippen LogP contribution in [0.1, 0.15) is 32.3 Å². The molecule has 0 spiro atoms. The molecule has 0 radical (unpaired) electrons. The van der Waals surface area contributed by atoms with Gasteiger partial charge in [0.1, 0.15) is 12.4 Å². The SMILES string of the molecule is C#CCNC(=NCCOc1ccccc1C(C)C)NCC.I. The van der Waals surface area contributed by atoms with Gasteiger partial charge < -0.3 is 15.4 Å². The Morgan fingerprint density at radius 1 is 1.32 bits per heavy atom.